The van der Waals surface area contributed by atoms with Gasteiger partial charge in [-0.15, -0.1) is 4.91 Å². The van der Waals surface area contributed by atoms with Crippen molar-refractivity contribution in [1.29, 1.82) is 0 Å². The van der Waals surface area contributed by atoms with Gasteiger partial charge < -0.3 is 5.32 Å². The second-order valence-electron chi connectivity index (χ2n) is 1.28. The number of aromatic nitrogens is 2. The largest absolute Gasteiger partial charge is 0.367 e. The van der Waals surface area contributed by atoms with Crippen LogP contribution in [0.5, 0.6) is 0 Å². The van der Waals surface area contributed by atoms with Crippen molar-refractivity contribution < 1.29 is 4.63 Å². The lowest BCUT2D eigenvalue weighted by atomic mass is 10.7. The van der Waals surface area contributed by atoms with E-state index in [0.717, 1.165) is 0 Å². The summed E-state index contributed by atoms with van der Waals surface area (Å²) in [6.07, 6.45) is 0. The highest BCUT2D eigenvalue weighted by Crippen LogP contribution is 2.16. The average molecular weight is 128 g/mol. The van der Waals surface area contributed by atoms with E-state index >= 15 is 0 Å². The Bertz CT molecular complexity index is 207. The third kappa shape index (κ3) is 0.857. The Labute approximate surface area is 50.2 Å². The maximum Gasteiger partial charge on any atom is 0.283 e. The number of anilines is 1. The molecule has 1 heterocycles. The topological polar surface area (TPSA) is 80.4 Å². The molecule has 0 aromatic carbocycles. The van der Waals surface area contributed by atoms with Crippen LogP contribution in [0.25, 0.3) is 0 Å². The van der Waals surface area contributed by atoms with E-state index in [0.29, 0.717) is 0 Å². The summed E-state index contributed by atoms with van der Waals surface area (Å²) in [6.45, 7) is 0. The summed E-state index contributed by atoms with van der Waals surface area (Å²) in [5.74, 6) is 0.197. The molecule has 0 saturated heterocycles. The number of nitroso groups, excluding NO2 is 1. The Morgan fingerprint density at radius 3 is 2.89 bits per heavy atom. The molecule has 6 nitrogen and oxygen atoms in total. The quantitative estimate of drug-likeness (QED) is 0.587. The smallest absolute Gasteiger partial charge is 0.283 e. The molecule has 0 radical (unpaired) electrons. The molecule has 48 valence electrons. The van der Waals surface area contributed by atoms with Crippen LogP contribution < -0.4 is 5.32 Å². The number of rotatable bonds is 2. The second-order valence-corrected chi connectivity index (χ2v) is 1.28. The normalized spacial score (nSPS) is 9.00. The minimum Gasteiger partial charge on any atom is -0.367 e. The Morgan fingerprint density at radius 2 is 2.44 bits per heavy atom. The van der Waals surface area contributed by atoms with Gasteiger partial charge in [-0.05, 0) is 15.5 Å². The fraction of sp³-hybridized carbons (Fsp3) is 0.333. The molecule has 0 saturated carbocycles. The predicted octanol–water partition coefficient (Wildman–Crippen LogP) is 0.509. The molecule has 0 atom stereocenters. The summed E-state index contributed by atoms with van der Waals surface area (Å²) in [4.78, 5) is 9.79. The number of nitrogens with zero attached hydrogens (tertiary/aromatic N) is 3. The standard InChI is InChI=1S/C3H4N4O2/c1-4-2-3(5-8)7-9-6-2/h1H3,(H,4,6). The van der Waals surface area contributed by atoms with E-state index in [1.165, 1.54) is 0 Å². The van der Waals surface area contributed by atoms with Crippen molar-refractivity contribution in [3.63, 3.8) is 0 Å². The molecule has 0 unspecified atom stereocenters. The second kappa shape index (κ2) is 2.21. The van der Waals surface area contributed by atoms with E-state index in [-0.39, 0.29) is 11.6 Å². The zero-order valence-electron chi connectivity index (χ0n) is 4.66. The zero-order valence-corrected chi connectivity index (χ0v) is 4.66. The fourth-order valence-electron chi connectivity index (χ4n) is 0.401. The van der Waals surface area contributed by atoms with Crippen molar-refractivity contribution in [2.45, 2.75) is 0 Å². The molecular weight excluding hydrogens is 124 g/mol. The van der Waals surface area contributed by atoms with Crippen LogP contribution in [0, 0.1) is 4.91 Å². The lowest BCUT2D eigenvalue weighted by molar-refractivity contribution is 0.310. The van der Waals surface area contributed by atoms with Crippen molar-refractivity contribution in [2.24, 2.45) is 5.18 Å². The molecule has 0 aliphatic carbocycles. The third-order valence-corrected chi connectivity index (χ3v) is 0.794. The molecule has 0 aliphatic heterocycles. The fourth-order valence-corrected chi connectivity index (χ4v) is 0.401. The van der Waals surface area contributed by atoms with Crippen LogP contribution >= 0.6 is 0 Å². The van der Waals surface area contributed by atoms with E-state index in [4.69, 9.17) is 0 Å². The van der Waals surface area contributed by atoms with Crippen molar-refractivity contribution >= 4 is 11.6 Å². The predicted molar refractivity (Wildman–Crippen MR) is 29.3 cm³/mol. The average Bonchev–Trinajstić information content (AvgIpc) is 2.33. The highest BCUT2D eigenvalue weighted by molar-refractivity contribution is 5.52. The lowest BCUT2D eigenvalue weighted by Gasteiger charge is -1.84. The highest BCUT2D eigenvalue weighted by Gasteiger charge is 2.05. The molecule has 6 heteroatoms. The monoisotopic (exact) mass is 128 g/mol. The van der Waals surface area contributed by atoms with E-state index in [9.17, 15) is 4.91 Å². The van der Waals surface area contributed by atoms with Crippen molar-refractivity contribution in [3.8, 4) is 0 Å². The van der Waals surface area contributed by atoms with Crippen molar-refractivity contribution in [2.75, 3.05) is 12.4 Å². The third-order valence-electron chi connectivity index (χ3n) is 0.794. The maximum atomic E-state index is 9.79. The van der Waals surface area contributed by atoms with E-state index in [1.54, 1.807) is 7.05 Å². The van der Waals surface area contributed by atoms with Gasteiger partial charge in [0.1, 0.15) is 0 Å². The summed E-state index contributed by atoms with van der Waals surface area (Å²) in [7, 11) is 1.59. The van der Waals surface area contributed by atoms with Crippen LogP contribution in [0.2, 0.25) is 0 Å². The summed E-state index contributed by atoms with van der Waals surface area (Å²) in [5.41, 5.74) is 0. The van der Waals surface area contributed by atoms with Crippen LogP contribution in [0.4, 0.5) is 11.6 Å². The van der Waals surface area contributed by atoms with E-state index in [2.05, 4.69) is 25.4 Å². The van der Waals surface area contributed by atoms with Gasteiger partial charge in [0, 0.05) is 7.05 Å². The first kappa shape index (κ1) is 5.67. The summed E-state index contributed by atoms with van der Waals surface area (Å²) < 4.78 is 4.17. The SMILES string of the molecule is CNc1nonc1N=O. The first-order valence-electron chi connectivity index (χ1n) is 2.22. The summed E-state index contributed by atoms with van der Waals surface area (Å²) in [6, 6.07) is 0. The van der Waals surface area contributed by atoms with Crippen LogP contribution in [0.15, 0.2) is 9.81 Å². The molecular formula is C3H4N4O2. The molecule has 0 fully saturated rings. The van der Waals surface area contributed by atoms with E-state index in [1.807, 2.05) is 0 Å². The Kier molecular flexibility index (Phi) is 1.39. The van der Waals surface area contributed by atoms with Gasteiger partial charge in [-0.25, -0.2) is 4.63 Å². The van der Waals surface area contributed by atoms with Crippen LogP contribution in [-0.4, -0.2) is 17.4 Å². The van der Waals surface area contributed by atoms with Gasteiger partial charge in [0.25, 0.3) is 5.82 Å². The molecule has 0 spiro atoms. The molecule has 0 bridgehead atoms. The zero-order chi connectivity index (χ0) is 6.69. The van der Waals surface area contributed by atoms with Gasteiger partial charge >= 0.3 is 0 Å². The van der Waals surface area contributed by atoms with Gasteiger partial charge in [0.2, 0.25) is 5.82 Å². The van der Waals surface area contributed by atoms with Crippen molar-refractivity contribution in [1.82, 2.24) is 10.3 Å². The number of hydrogen-bond donors (Lipinski definition) is 1. The molecule has 1 N–H and O–H groups in total. The number of nitrogens with one attached hydrogen (secondary N) is 1. The molecule has 1 rings (SSSR count). The van der Waals surface area contributed by atoms with Crippen LogP contribution in [-0.2, 0) is 0 Å². The molecule has 0 amide bonds. The first-order valence-corrected chi connectivity index (χ1v) is 2.22. The molecule has 1 aromatic rings. The van der Waals surface area contributed by atoms with Gasteiger partial charge in [-0.3, -0.25) is 0 Å². The lowest BCUT2D eigenvalue weighted by Crippen LogP contribution is -1.86. The minimum atomic E-state index is -0.0579. The molecule has 1 aromatic heterocycles. The van der Waals surface area contributed by atoms with E-state index < -0.39 is 0 Å². The molecule has 9 heavy (non-hydrogen) atoms. The minimum absolute atomic E-state index is 0.0579. The van der Waals surface area contributed by atoms with Crippen molar-refractivity contribution in [3.05, 3.63) is 4.91 Å². The number of hydrogen-bond acceptors (Lipinski definition) is 6. The maximum absolute atomic E-state index is 9.79. The first-order chi connectivity index (χ1) is 4.38. The molecule has 0 aliphatic rings. The van der Waals surface area contributed by atoms with Crippen LogP contribution in [0.1, 0.15) is 0 Å². The Balaban J connectivity index is 2.98. The summed E-state index contributed by atoms with van der Waals surface area (Å²) >= 11 is 0. The summed E-state index contributed by atoms with van der Waals surface area (Å²) in [5, 5.41) is 11.6. The van der Waals surface area contributed by atoms with Gasteiger partial charge in [0.05, 0.1) is 0 Å². The van der Waals surface area contributed by atoms with Gasteiger partial charge in [-0.1, -0.05) is 0 Å². The Hall–Kier alpha value is -1.46. The van der Waals surface area contributed by atoms with Gasteiger partial charge in [0.15, 0.2) is 0 Å². The highest BCUT2D eigenvalue weighted by atomic mass is 16.6. The van der Waals surface area contributed by atoms with Crippen LogP contribution in [0.3, 0.4) is 0 Å². The Morgan fingerprint density at radius 1 is 1.67 bits per heavy atom. The van der Waals surface area contributed by atoms with Gasteiger partial charge in [-0.2, -0.15) is 0 Å².